The molecule has 4 saturated heterocycles. The number of esters is 3. The highest BCUT2D eigenvalue weighted by Gasteiger charge is 2.59. The fourth-order valence-corrected chi connectivity index (χ4v) is 6.82. The summed E-state index contributed by atoms with van der Waals surface area (Å²) in [5, 5.41) is 9.30. The fourth-order valence-electron chi connectivity index (χ4n) is 6.82. The lowest BCUT2D eigenvalue weighted by atomic mass is 9.94. The molecule has 0 amide bonds. The lowest BCUT2D eigenvalue weighted by Gasteiger charge is -2.33. The number of rotatable bonds is 8. The topological polar surface area (TPSA) is 164 Å². The summed E-state index contributed by atoms with van der Waals surface area (Å²) in [4.78, 5) is 32.9. The van der Waals surface area contributed by atoms with Crippen molar-refractivity contribution in [2.75, 3.05) is 27.4 Å². The maximum absolute atomic E-state index is 11.6. The third-order valence-corrected chi connectivity index (χ3v) is 9.42. The summed E-state index contributed by atoms with van der Waals surface area (Å²) >= 11 is 0. The molecule has 6 aliphatic rings. The second kappa shape index (κ2) is 19.5. The Labute approximate surface area is 317 Å². The first kappa shape index (κ1) is 43.6. The fraction of sp³-hybridized carbons (Fsp3) is 0.750. The van der Waals surface area contributed by atoms with Crippen molar-refractivity contribution in [2.45, 2.75) is 146 Å². The van der Waals surface area contributed by atoms with Crippen LogP contribution < -0.4 is 24.0 Å². The summed E-state index contributed by atoms with van der Waals surface area (Å²) in [5.41, 5.74) is 0.754. The zero-order valence-electron chi connectivity index (χ0n) is 30.4. The van der Waals surface area contributed by atoms with Gasteiger partial charge >= 0.3 is 17.9 Å². The second-order valence-electron chi connectivity index (χ2n) is 13.6. The number of carbonyl (C=O) groups is 3. The minimum Gasteiger partial charge on any atom is -1.00 e. The molecule has 290 valence electrons. The lowest BCUT2D eigenvalue weighted by Crippen LogP contribution is -3.00. The van der Waals surface area contributed by atoms with Gasteiger partial charge in [-0.3, -0.25) is 0 Å². The number of hydrogen-bond donors (Lipinski definition) is 1. The Kier molecular flexibility index (Phi) is 16.7. The van der Waals surface area contributed by atoms with Gasteiger partial charge in [0.15, 0.2) is 24.2 Å². The van der Waals surface area contributed by atoms with E-state index >= 15 is 0 Å². The van der Waals surface area contributed by atoms with Crippen LogP contribution in [0.2, 0.25) is 0 Å². The Morgan fingerprint density at radius 1 is 0.627 bits per heavy atom. The van der Waals surface area contributed by atoms with E-state index < -0.39 is 42.1 Å². The van der Waals surface area contributed by atoms with Gasteiger partial charge < -0.3 is 76.5 Å². The molecule has 0 bridgehead atoms. The molecule has 0 aromatic carbocycles. The number of aliphatic hydroxyl groups is 1. The Morgan fingerprint density at radius 3 is 1.37 bits per heavy atom. The first-order valence-corrected chi connectivity index (χ1v) is 17.4. The summed E-state index contributed by atoms with van der Waals surface area (Å²) in [7, 11) is 3.18. The lowest BCUT2D eigenvalue weighted by molar-refractivity contribution is -0.254. The minimum atomic E-state index is -0.710. The van der Waals surface area contributed by atoms with E-state index in [1.54, 1.807) is 21.1 Å². The Bertz CT molecular complexity index is 1200. The molecule has 4 heterocycles. The van der Waals surface area contributed by atoms with Crippen LogP contribution in [0.15, 0.2) is 36.5 Å². The molecule has 0 radical (unpaired) electrons. The molecule has 2 spiro atoms. The summed E-state index contributed by atoms with van der Waals surface area (Å²) in [6.07, 6.45) is 8.10. The molecule has 6 fully saturated rings. The predicted molar refractivity (Wildman–Crippen MR) is 176 cm³/mol. The summed E-state index contributed by atoms with van der Waals surface area (Å²) in [6, 6.07) is 0. The van der Waals surface area contributed by atoms with Gasteiger partial charge in [-0.2, -0.15) is 0 Å². The van der Waals surface area contributed by atoms with E-state index in [0.29, 0.717) is 5.57 Å². The van der Waals surface area contributed by atoms with Gasteiger partial charge in [0.25, 0.3) is 0 Å². The van der Waals surface area contributed by atoms with E-state index in [-0.39, 0.29) is 85.0 Å². The molecule has 2 aliphatic carbocycles. The van der Waals surface area contributed by atoms with Crippen molar-refractivity contribution < 1.29 is 90.8 Å². The molecule has 8 atom stereocenters. The average molecular weight is 838 g/mol. The molecule has 8 unspecified atom stereocenters. The highest BCUT2D eigenvalue weighted by molar-refractivity contribution is 6.00. The van der Waals surface area contributed by atoms with Gasteiger partial charge in [-0.1, -0.05) is 32.6 Å². The third kappa shape index (κ3) is 10.9. The summed E-state index contributed by atoms with van der Waals surface area (Å²) in [6.45, 7) is 14.8. The normalized spacial score (nSPS) is 32.2. The number of halogens is 1. The van der Waals surface area contributed by atoms with E-state index in [0.717, 1.165) is 51.4 Å². The zero-order valence-corrected chi connectivity index (χ0v) is 32.5. The zero-order chi connectivity index (χ0) is 36.6. The monoisotopic (exact) mass is 837 g/mol. The molecular weight excluding hydrogens is 783 g/mol. The van der Waals surface area contributed by atoms with E-state index in [2.05, 4.69) is 24.5 Å². The van der Waals surface area contributed by atoms with Crippen LogP contribution in [-0.2, 0) is 61.8 Å². The molecule has 6 rings (SSSR count). The van der Waals surface area contributed by atoms with Crippen LogP contribution in [0, 0.1) is 0 Å². The van der Waals surface area contributed by atoms with Crippen molar-refractivity contribution >= 4 is 17.9 Å². The Balaban J connectivity index is 0.000000217. The Morgan fingerprint density at radius 2 is 1.00 bits per heavy atom. The first-order valence-electron chi connectivity index (χ1n) is 17.4. The molecule has 0 aromatic rings. The number of methoxy groups -OCH3 is 2. The second-order valence-corrected chi connectivity index (χ2v) is 13.6. The van der Waals surface area contributed by atoms with Crippen LogP contribution >= 0.6 is 0 Å². The largest absolute Gasteiger partial charge is 1.00 e. The van der Waals surface area contributed by atoms with E-state index in [4.69, 9.17) is 42.6 Å². The van der Waals surface area contributed by atoms with Crippen molar-refractivity contribution in [3.05, 3.63) is 36.5 Å². The third-order valence-electron chi connectivity index (χ3n) is 9.42. The van der Waals surface area contributed by atoms with Crippen LogP contribution in [-0.4, -0.2) is 111 Å². The minimum absolute atomic E-state index is 0. The Hall–Kier alpha value is -1.80. The highest BCUT2D eigenvalue weighted by atomic mass is 127. The van der Waals surface area contributed by atoms with Crippen molar-refractivity contribution in [3.8, 4) is 0 Å². The quantitative estimate of drug-likeness (QED) is 0.159. The molecule has 1 N–H and O–H groups in total. The first-order chi connectivity index (χ1) is 23.8. The molecular formula is C36H54IO14-. The number of hydrogen-bond acceptors (Lipinski definition) is 14. The van der Waals surface area contributed by atoms with Crippen molar-refractivity contribution in [2.24, 2.45) is 0 Å². The molecule has 4 aliphatic heterocycles. The molecule has 2 saturated carbocycles. The van der Waals surface area contributed by atoms with Crippen LogP contribution in [0.1, 0.15) is 85.0 Å². The SMILES string of the molecule is C=C(C)C(=O)OC(=O)C(=C)C.C=C(C)C(=O)OCC1OC(OC)C2OC3(CCCCC3)OC12.COC1OC(CO)C2OC3(CCCCC3)OC12.[I-]. The van der Waals surface area contributed by atoms with Crippen LogP contribution in [0.3, 0.4) is 0 Å². The molecule has 15 heteroatoms. The van der Waals surface area contributed by atoms with E-state index in [1.165, 1.54) is 26.7 Å². The number of carbonyl (C=O) groups excluding carboxylic acids is 3. The van der Waals surface area contributed by atoms with Crippen molar-refractivity contribution in [1.29, 1.82) is 0 Å². The number of ether oxygens (including phenoxy) is 10. The van der Waals surface area contributed by atoms with Crippen LogP contribution in [0.5, 0.6) is 0 Å². The van der Waals surface area contributed by atoms with Gasteiger partial charge in [-0.15, -0.1) is 0 Å². The van der Waals surface area contributed by atoms with Gasteiger partial charge in [0.05, 0.1) is 6.61 Å². The van der Waals surface area contributed by atoms with E-state index in [1.807, 2.05) is 0 Å². The van der Waals surface area contributed by atoms with Gasteiger partial charge in [0, 0.05) is 56.6 Å². The number of aliphatic hydroxyl groups excluding tert-OH is 1. The van der Waals surface area contributed by atoms with Crippen molar-refractivity contribution in [1.82, 2.24) is 0 Å². The van der Waals surface area contributed by atoms with Gasteiger partial charge in [-0.05, 0) is 46.5 Å². The molecule has 0 aromatic heterocycles. The van der Waals surface area contributed by atoms with E-state index in [9.17, 15) is 19.5 Å². The van der Waals surface area contributed by atoms with Crippen LogP contribution in [0.4, 0.5) is 0 Å². The highest BCUT2D eigenvalue weighted by Crippen LogP contribution is 2.47. The number of fused-ring (bicyclic) bond motifs is 2. The maximum Gasteiger partial charge on any atom is 0.340 e. The average Bonchev–Trinajstić information content (AvgIpc) is 3.82. The van der Waals surface area contributed by atoms with Crippen LogP contribution in [0.25, 0.3) is 0 Å². The molecule has 14 nitrogen and oxygen atoms in total. The maximum atomic E-state index is 11.6. The smallest absolute Gasteiger partial charge is 0.340 e. The van der Waals surface area contributed by atoms with Crippen molar-refractivity contribution in [3.63, 3.8) is 0 Å². The molecule has 51 heavy (non-hydrogen) atoms. The summed E-state index contributed by atoms with van der Waals surface area (Å²) < 4.78 is 55.9. The van der Waals surface area contributed by atoms with Gasteiger partial charge in [0.1, 0.15) is 43.2 Å². The summed E-state index contributed by atoms with van der Waals surface area (Å²) in [5.74, 6) is -2.80. The standard InChI is InChI=1S/C16H24O6.C12H20O5.C8H10O3.HI/c1-10(2)14(17)19-9-11-12-13(15(18-3)20-11)22-16(21-12)7-5-4-6-8-16;1-14-11-10-9(8(7-13)15-11)16-12(17-10)5-3-2-4-6-12;1-5(2)7(9)11-8(10)6(3)4;/h11-13,15H,1,4-9H2,2-3H3;8-11,13H,2-7H2,1H3;1,3H2,2,4H3;1H/p-1. The predicted octanol–water partition coefficient (Wildman–Crippen LogP) is 0.928. The van der Waals surface area contributed by atoms with Gasteiger partial charge in [0.2, 0.25) is 0 Å². The van der Waals surface area contributed by atoms with Gasteiger partial charge in [-0.25, -0.2) is 14.4 Å².